The van der Waals surface area contributed by atoms with Crippen molar-refractivity contribution in [2.75, 3.05) is 25.1 Å². The lowest BCUT2D eigenvalue weighted by Crippen LogP contribution is -2.42. The van der Waals surface area contributed by atoms with Crippen LogP contribution in [0.1, 0.15) is 56.6 Å². The number of rotatable bonds is 6. The predicted molar refractivity (Wildman–Crippen MR) is 130 cm³/mol. The molecule has 0 aromatic heterocycles. The van der Waals surface area contributed by atoms with Gasteiger partial charge >= 0.3 is 6.09 Å². The summed E-state index contributed by atoms with van der Waals surface area (Å²) in [4.78, 5) is 14.3. The molecule has 3 fully saturated rings. The van der Waals surface area contributed by atoms with Gasteiger partial charge in [-0.2, -0.15) is 0 Å². The fraction of sp³-hybridized carbons (Fsp3) is 0.615. The van der Waals surface area contributed by atoms with E-state index in [1.54, 1.807) is 4.90 Å². The lowest BCUT2D eigenvalue weighted by molar-refractivity contribution is 0.118. The average Bonchev–Trinajstić information content (AvgIpc) is 3.38. The fourth-order valence-corrected chi connectivity index (χ4v) is 5.91. The number of allylic oxidation sites excluding steroid dienone is 1. The lowest BCUT2D eigenvalue weighted by Gasteiger charge is -2.37. The molecule has 7 nitrogen and oxygen atoms in total. The second-order valence-corrected chi connectivity index (χ2v) is 10.1. The summed E-state index contributed by atoms with van der Waals surface area (Å²) in [6, 6.07) is 4.53. The van der Waals surface area contributed by atoms with Gasteiger partial charge in [0.2, 0.25) is 0 Å². The molecule has 1 amide bonds. The van der Waals surface area contributed by atoms with Gasteiger partial charge in [-0.25, -0.2) is 4.79 Å². The molecule has 33 heavy (non-hydrogen) atoms. The highest BCUT2D eigenvalue weighted by molar-refractivity contribution is 6.10. The molecule has 2 heterocycles. The molecular weight excluding hydrogens is 416 g/mol. The van der Waals surface area contributed by atoms with Crippen molar-refractivity contribution in [3.8, 4) is 5.75 Å². The van der Waals surface area contributed by atoms with Crippen molar-refractivity contribution < 1.29 is 14.3 Å². The van der Waals surface area contributed by atoms with E-state index in [0.29, 0.717) is 6.04 Å². The van der Waals surface area contributed by atoms with Crippen molar-refractivity contribution in [3.63, 3.8) is 0 Å². The van der Waals surface area contributed by atoms with Gasteiger partial charge in [0.25, 0.3) is 0 Å². The van der Waals surface area contributed by atoms with Crippen molar-refractivity contribution in [1.29, 1.82) is 5.41 Å². The van der Waals surface area contributed by atoms with E-state index in [0.717, 1.165) is 78.7 Å². The molecule has 1 saturated heterocycles. The summed E-state index contributed by atoms with van der Waals surface area (Å²) in [6.07, 6.45) is 10.7. The number of carbonyl (C=O) groups excluding carboxylic acids is 1. The molecular formula is C26H36N4O3. The van der Waals surface area contributed by atoms with Crippen LogP contribution in [0.5, 0.6) is 5.75 Å². The number of hydrogen-bond acceptors (Lipinski definition) is 6. The first-order chi connectivity index (χ1) is 16.1. The van der Waals surface area contributed by atoms with Gasteiger partial charge in [-0.3, -0.25) is 4.90 Å². The Balaban J connectivity index is 1.46. The van der Waals surface area contributed by atoms with Crippen molar-refractivity contribution in [2.45, 2.75) is 70.1 Å². The van der Waals surface area contributed by atoms with Crippen LogP contribution in [0.3, 0.4) is 0 Å². The summed E-state index contributed by atoms with van der Waals surface area (Å²) in [5.74, 6) is 2.38. The van der Waals surface area contributed by atoms with Gasteiger partial charge in [0, 0.05) is 41.2 Å². The molecule has 7 heteroatoms. The summed E-state index contributed by atoms with van der Waals surface area (Å²) in [5, 5.41) is 15.3. The summed E-state index contributed by atoms with van der Waals surface area (Å²) < 4.78 is 11.6. The number of ether oxygens (including phenoxy) is 2. The van der Waals surface area contributed by atoms with Crippen molar-refractivity contribution in [2.24, 2.45) is 11.8 Å². The molecule has 2 saturated carbocycles. The number of anilines is 1. The number of methoxy groups -OCH3 is 1. The van der Waals surface area contributed by atoms with Crippen LogP contribution in [-0.4, -0.2) is 50.7 Å². The first kappa shape index (κ1) is 22.3. The van der Waals surface area contributed by atoms with E-state index >= 15 is 0 Å². The van der Waals surface area contributed by atoms with E-state index in [1.807, 2.05) is 18.3 Å². The minimum atomic E-state index is -0.337. The maximum Gasteiger partial charge on any atom is 0.414 e. The molecule has 3 N–H and O–H groups in total. The second-order valence-electron chi connectivity index (χ2n) is 10.1. The molecule has 5 rings (SSSR count). The summed E-state index contributed by atoms with van der Waals surface area (Å²) >= 11 is 0. The summed E-state index contributed by atoms with van der Waals surface area (Å²) in [5.41, 5.74) is 3.68. The monoisotopic (exact) mass is 452 g/mol. The molecule has 0 radical (unpaired) electrons. The third kappa shape index (κ3) is 4.23. The van der Waals surface area contributed by atoms with Gasteiger partial charge in [0.05, 0.1) is 18.9 Å². The first-order valence-electron chi connectivity index (χ1n) is 12.5. The Bertz CT molecular complexity index is 930. The standard InChI is InChI=1S/C26H36N4O3/c1-16-6-7-23-24(30(16)26(31)32-2)9-8-22(25(23)33-21-4-3-5-21)19(12-27)15-29-20-10-17-13-28-14-18(17)11-20/h8-9,12,15-18,20-21,27-29H,3-7,10-11,13-14H2,1-2H3/b19-15+,27-12?/t16-,17?,18?,20?/m0/s1. The second kappa shape index (κ2) is 9.37. The van der Waals surface area contributed by atoms with E-state index < -0.39 is 0 Å². The molecule has 2 unspecified atom stereocenters. The third-order valence-electron chi connectivity index (χ3n) is 8.05. The zero-order valence-electron chi connectivity index (χ0n) is 19.7. The molecule has 0 bridgehead atoms. The highest BCUT2D eigenvalue weighted by atomic mass is 16.5. The van der Waals surface area contributed by atoms with Gasteiger partial charge < -0.3 is 25.5 Å². The Labute approximate surface area is 196 Å². The SMILES string of the molecule is COC(=O)N1c2ccc(/C(C=N)=C/NC3CC4CNCC4C3)c(OC3CCC3)c2CC[C@@H]1C. The molecule has 2 aliphatic heterocycles. The zero-order chi connectivity index (χ0) is 22.9. The Kier molecular flexibility index (Phi) is 6.32. The molecule has 4 aliphatic rings. The number of carbonyl (C=O) groups is 1. The Morgan fingerprint density at radius 2 is 1.97 bits per heavy atom. The third-order valence-corrected chi connectivity index (χ3v) is 8.05. The van der Waals surface area contributed by atoms with Crippen LogP contribution in [0.2, 0.25) is 0 Å². The number of fused-ring (bicyclic) bond motifs is 2. The fourth-order valence-electron chi connectivity index (χ4n) is 5.91. The number of amides is 1. The highest BCUT2D eigenvalue weighted by Crippen LogP contribution is 2.43. The highest BCUT2D eigenvalue weighted by Gasteiger charge is 2.37. The van der Waals surface area contributed by atoms with Crippen LogP contribution in [0.25, 0.3) is 5.57 Å². The van der Waals surface area contributed by atoms with E-state index in [4.69, 9.17) is 14.9 Å². The molecule has 1 aromatic rings. The minimum Gasteiger partial charge on any atom is -0.489 e. The van der Waals surface area contributed by atoms with Crippen molar-refractivity contribution in [3.05, 3.63) is 29.5 Å². The molecule has 2 aliphatic carbocycles. The molecule has 0 spiro atoms. The van der Waals surface area contributed by atoms with Gasteiger partial charge in [-0.1, -0.05) is 0 Å². The average molecular weight is 453 g/mol. The van der Waals surface area contributed by atoms with Crippen LogP contribution < -0.4 is 20.3 Å². The lowest BCUT2D eigenvalue weighted by atomic mass is 9.91. The van der Waals surface area contributed by atoms with E-state index in [1.165, 1.54) is 32.6 Å². The van der Waals surface area contributed by atoms with E-state index in [9.17, 15) is 4.79 Å². The van der Waals surface area contributed by atoms with Gasteiger partial charge in [-0.05, 0) is 88.9 Å². The smallest absolute Gasteiger partial charge is 0.414 e. The molecule has 3 atom stereocenters. The predicted octanol–water partition coefficient (Wildman–Crippen LogP) is 4.10. The number of nitrogens with one attached hydrogen (secondary N) is 3. The normalized spacial score (nSPS) is 29.2. The Morgan fingerprint density at radius 1 is 1.21 bits per heavy atom. The molecule has 178 valence electrons. The van der Waals surface area contributed by atoms with Crippen molar-refractivity contribution >= 4 is 23.6 Å². The quantitative estimate of drug-likeness (QED) is 0.566. The van der Waals surface area contributed by atoms with Crippen LogP contribution in [0.4, 0.5) is 10.5 Å². The van der Waals surface area contributed by atoms with Crippen LogP contribution >= 0.6 is 0 Å². The first-order valence-corrected chi connectivity index (χ1v) is 12.5. The van der Waals surface area contributed by atoms with Gasteiger partial charge in [-0.15, -0.1) is 0 Å². The minimum absolute atomic E-state index is 0.0723. The Hall–Kier alpha value is -2.54. The van der Waals surface area contributed by atoms with E-state index in [-0.39, 0.29) is 18.2 Å². The van der Waals surface area contributed by atoms with Crippen LogP contribution in [-0.2, 0) is 11.2 Å². The van der Waals surface area contributed by atoms with Crippen molar-refractivity contribution in [1.82, 2.24) is 10.6 Å². The van der Waals surface area contributed by atoms with Gasteiger partial charge in [0.15, 0.2) is 0 Å². The topological polar surface area (TPSA) is 86.7 Å². The Morgan fingerprint density at radius 3 is 2.61 bits per heavy atom. The maximum absolute atomic E-state index is 12.5. The summed E-state index contributed by atoms with van der Waals surface area (Å²) in [7, 11) is 1.43. The van der Waals surface area contributed by atoms with Gasteiger partial charge in [0.1, 0.15) is 5.75 Å². The largest absolute Gasteiger partial charge is 0.489 e. The maximum atomic E-state index is 12.5. The number of nitrogens with zero attached hydrogens (tertiary/aromatic N) is 1. The van der Waals surface area contributed by atoms with E-state index in [2.05, 4.69) is 17.6 Å². The number of hydrogen-bond donors (Lipinski definition) is 3. The molecule has 1 aromatic carbocycles. The number of benzene rings is 1. The van der Waals surface area contributed by atoms with Crippen LogP contribution in [0, 0.1) is 17.2 Å². The van der Waals surface area contributed by atoms with Crippen LogP contribution in [0.15, 0.2) is 18.3 Å². The zero-order valence-corrected chi connectivity index (χ0v) is 19.7. The summed E-state index contributed by atoms with van der Waals surface area (Å²) in [6.45, 7) is 4.31.